The fourth-order valence-electron chi connectivity index (χ4n) is 1.81. The van der Waals surface area contributed by atoms with Crippen LogP contribution in [-0.4, -0.2) is 10.2 Å². The van der Waals surface area contributed by atoms with Crippen LogP contribution in [0.1, 0.15) is 31.4 Å². The molecule has 1 aliphatic rings. The van der Waals surface area contributed by atoms with Crippen molar-refractivity contribution in [3.8, 4) is 0 Å². The number of aromatic amines is 1. The molecule has 1 aromatic rings. The Morgan fingerprint density at radius 1 is 1.45 bits per heavy atom. The summed E-state index contributed by atoms with van der Waals surface area (Å²) >= 11 is 0. The summed E-state index contributed by atoms with van der Waals surface area (Å²) in [5.74, 6) is 0. The van der Waals surface area contributed by atoms with Crippen molar-refractivity contribution < 1.29 is 0 Å². The van der Waals surface area contributed by atoms with Crippen molar-refractivity contribution in [1.29, 1.82) is 0 Å². The zero-order valence-corrected chi connectivity index (χ0v) is 6.51. The average Bonchev–Trinajstić information content (AvgIpc) is 2.55. The molecule has 0 saturated heterocycles. The first-order valence-corrected chi connectivity index (χ1v) is 4.10. The minimum atomic E-state index is -0.101. The second-order valence-corrected chi connectivity index (χ2v) is 3.33. The number of nitrogens with zero attached hydrogens (tertiary/aromatic N) is 1. The largest absolute Gasteiger partial charge is 0.320 e. The van der Waals surface area contributed by atoms with Crippen LogP contribution in [0.4, 0.5) is 0 Å². The number of H-pyrrole nitrogens is 1. The van der Waals surface area contributed by atoms with E-state index in [1.165, 1.54) is 12.8 Å². The summed E-state index contributed by atoms with van der Waals surface area (Å²) in [4.78, 5) is 0. The van der Waals surface area contributed by atoms with E-state index in [1.54, 1.807) is 6.20 Å². The quantitative estimate of drug-likeness (QED) is 0.632. The molecule has 0 aliphatic heterocycles. The third-order valence-electron chi connectivity index (χ3n) is 2.53. The molecule has 0 amide bonds. The van der Waals surface area contributed by atoms with E-state index in [9.17, 15) is 0 Å². The SMILES string of the molecule is NC1(c2ccn[nH]2)CCCC1. The Hall–Kier alpha value is -0.830. The first kappa shape index (κ1) is 6.85. The highest BCUT2D eigenvalue weighted by Crippen LogP contribution is 2.34. The van der Waals surface area contributed by atoms with Gasteiger partial charge in [-0.25, -0.2) is 0 Å². The lowest BCUT2D eigenvalue weighted by molar-refractivity contribution is 0.446. The molecule has 1 saturated carbocycles. The van der Waals surface area contributed by atoms with E-state index >= 15 is 0 Å². The lowest BCUT2D eigenvalue weighted by Crippen LogP contribution is -2.33. The molecular formula is C8H13N3. The van der Waals surface area contributed by atoms with E-state index in [2.05, 4.69) is 10.2 Å². The van der Waals surface area contributed by atoms with E-state index < -0.39 is 0 Å². The third kappa shape index (κ3) is 1.05. The van der Waals surface area contributed by atoms with Crippen LogP contribution in [0.25, 0.3) is 0 Å². The van der Waals surface area contributed by atoms with Gasteiger partial charge in [0.2, 0.25) is 0 Å². The van der Waals surface area contributed by atoms with Crippen molar-refractivity contribution in [3.05, 3.63) is 18.0 Å². The number of rotatable bonds is 1. The molecule has 1 heterocycles. The lowest BCUT2D eigenvalue weighted by Gasteiger charge is -2.20. The van der Waals surface area contributed by atoms with Crippen molar-refractivity contribution in [2.75, 3.05) is 0 Å². The van der Waals surface area contributed by atoms with Gasteiger partial charge in [0, 0.05) is 6.20 Å². The zero-order chi connectivity index (χ0) is 7.73. The first-order chi connectivity index (χ1) is 5.31. The highest BCUT2D eigenvalue weighted by Gasteiger charge is 2.32. The van der Waals surface area contributed by atoms with Gasteiger partial charge in [0.25, 0.3) is 0 Å². The van der Waals surface area contributed by atoms with Crippen LogP contribution in [0.5, 0.6) is 0 Å². The van der Waals surface area contributed by atoms with Crippen molar-refractivity contribution in [2.24, 2.45) is 5.73 Å². The predicted molar refractivity (Wildman–Crippen MR) is 42.9 cm³/mol. The highest BCUT2D eigenvalue weighted by atomic mass is 15.1. The highest BCUT2D eigenvalue weighted by molar-refractivity contribution is 5.13. The van der Waals surface area contributed by atoms with Crippen LogP contribution in [0.15, 0.2) is 12.3 Å². The summed E-state index contributed by atoms with van der Waals surface area (Å²) in [5.41, 5.74) is 7.15. The second-order valence-electron chi connectivity index (χ2n) is 3.33. The Bertz CT molecular complexity index is 221. The van der Waals surface area contributed by atoms with Crippen molar-refractivity contribution in [1.82, 2.24) is 10.2 Å². The summed E-state index contributed by atoms with van der Waals surface area (Å²) in [6, 6.07) is 1.98. The van der Waals surface area contributed by atoms with Gasteiger partial charge in [-0.05, 0) is 18.9 Å². The van der Waals surface area contributed by atoms with Crippen LogP contribution >= 0.6 is 0 Å². The number of hydrogen-bond acceptors (Lipinski definition) is 2. The summed E-state index contributed by atoms with van der Waals surface area (Å²) in [5, 5.41) is 6.85. The van der Waals surface area contributed by atoms with Gasteiger partial charge >= 0.3 is 0 Å². The monoisotopic (exact) mass is 151 g/mol. The van der Waals surface area contributed by atoms with Gasteiger partial charge in [-0.3, -0.25) is 5.10 Å². The van der Waals surface area contributed by atoms with Gasteiger partial charge in [-0.2, -0.15) is 5.10 Å². The van der Waals surface area contributed by atoms with Gasteiger partial charge in [0.05, 0.1) is 11.2 Å². The van der Waals surface area contributed by atoms with E-state index in [0.29, 0.717) is 0 Å². The first-order valence-electron chi connectivity index (χ1n) is 4.10. The summed E-state index contributed by atoms with van der Waals surface area (Å²) < 4.78 is 0. The van der Waals surface area contributed by atoms with Crippen LogP contribution in [0.3, 0.4) is 0 Å². The van der Waals surface area contributed by atoms with Crippen LogP contribution in [0, 0.1) is 0 Å². The number of aromatic nitrogens is 2. The van der Waals surface area contributed by atoms with Gasteiger partial charge in [-0.15, -0.1) is 0 Å². The number of hydrogen-bond donors (Lipinski definition) is 2. The molecule has 1 fully saturated rings. The molecule has 3 nitrogen and oxygen atoms in total. The van der Waals surface area contributed by atoms with Crippen molar-refractivity contribution >= 4 is 0 Å². The fraction of sp³-hybridized carbons (Fsp3) is 0.625. The van der Waals surface area contributed by atoms with Crippen molar-refractivity contribution in [3.63, 3.8) is 0 Å². The molecule has 2 rings (SSSR count). The molecule has 3 heteroatoms. The fourth-order valence-corrected chi connectivity index (χ4v) is 1.81. The minimum Gasteiger partial charge on any atom is -0.320 e. The number of nitrogens with one attached hydrogen (secondary N) is 1. The maximum absolute atomic E-state index is 6.15. The van der Waals surface area contributed by atoms with Gasteiger partial charge < -0.3 is 5.73 Å². The summed E-state index contributed by atoms with van der Waals surface area (Å²) in [6.07, 6.45) is 6.44. The standard InChI is InChI=1S/C8H13N3/c9-8(4-1-2-5-8)7-3-6-10-11-7/h3,6H,1-2,4-5,9H2,(H,10,11). The lowest BCUT2D eigenvalue weighted by atomic mass is 9.95. The topological polar surface area (TPSA) is 54.7 Å². The average molecular weight is 151 g/mol. The van der Waals surface area contributed by atoms with Crippen LogP contribution in [0.2, 0.25) is 0 Å². The predicted octanol–water partition coefficient (Wildman–Crippen LogP) is 1.14. The smallest absolute Gasteiger partial charge is 0.0578 e. The summed E-state index contributed by atoms with van der Waals surface area (Å²) in [7, 11) is 0. The molecule has 0 unspecified atom stereocenters. The third-order valence-corrected chi connectivity index (χ3v) is 2.53. The molecule has 11 heavy (non-hydrogen) atoms. The Morgan fingerprint density at radius 3 is 2.73 bits per heavy atom. The molecule has 0 radical (unpaired) electrons. The minimum absolute atomic E-state index is 0.101. The number of nitrogens with two attached hydrogens (primary N) is 1. The van der Waals surface area contributed by atoms with E-state index in [-0.39, 0.29) is 5.54 Å². The van der Waals surface area contributed by atoms with Gasteiger partial charge in [0.1, 0.15) is 0 Å². The Kier molecular flexibility index (Phi) is 1.46. The zero-order valence-electron chi connectivity index (χ0n) is 6.51. The Morgan fingerprint density at radius 2 is 2.18 bits per heavy atom. The van der Waals surface area contributed by atoms with Gasteiger partial charge in [0.15, 0.2) is 0 Å². The van der Waals surface area contributed by atoms with Crippen LogP contribution < -0.4 is 5.73 Å². The molecular weight excluding hydrogens is 138 g/mol. The molecule has 0 spiro atoms. The normalized spacial score (nSPS) is 22.3. The maximum Gasteiger partial charge on any atom is 0.0578 e. The molecule has 0 bridgehead atoms. The molecule has 0 atom stereocenters. The van der Waals surface area contributed by atoms with Gasteiger partial charge in [-0.1, -0.05) is 12.8 Å². The van der Waals surface area contributed by atoms with Crippen LogP contribution in [-0.2, 0) is 5.54 Å². The molecule has 0 aromatic carbocycles. The second kappa shape index (κ2) is 2.34. The van der Waals surface area contributed by atoms with Crippen molar-refractivity contribution in [2.45, 2.75) is 31.2 Å². The molecule has 3 N–H and O–H groups in total. The Labute approximate surface area is 66.0 Å². The molecule has 1 aromatic heterocycles. The Balaban J connectivity index is 2.27. The maximum atomic E-state index is 6.15. The molecule has 1 aliphatic carbocycles. The van der Waals surface area contributed by atoms with E-state index in [4.69, 9.17) is 5.73 Å². The summed E-state index contributed by atoms with van der Waals surface area (Å²) in [6.45, 7) is 0. The van der Waals surface area contributed by atoms with E-state index in [1.807, 2.05) is 6.07 Å². The van der Waals surface area contributed by atoms with E-state index in [0.717, 1.165) is 18.5 Å². The molecule has 60 valence electrons.